The number of hydrogen-bond acceptors (Lipinski definition) is 10. The standard InChI is InChI=1S/C42H52F2N9O5/c1-30(2)40(31(3)56-20-4-15-47-29-54)50-41(55)53(27-46)36-8-6-34(7-9-36)51-16-18-52(19-17-51)35-10-12-37(13-11-35)57-23-32-22-42(58-24-32,25-48-28-49-26-45)38-14-5-33(43)21-39(38)44/h5-14,21,26-28,30-32,40,46H,4,15-20,22-25H2,1-3H3,(H2-,45,48,49,50,55)/q-1. The van der Waals surface area contributed by atoms with E-state index in [1.165, 1.54) is 29.5 Å². The van der Waals surface area contributed by atoms with Gasteiger partial charge >= 0.3 is 6.03 Å². The molecule has 2 saturated heterocycles. The van der Waals surface area contributed by atoms with Crippen molar-refractivity contribution in [3.8, 4) is 5.75 Å². The summed E-state index contributed by atoms with van der Waals surface area (Å²) in [6, 6.07) is 18.2. The number of halogens is 2. The number of carbonyl (C=O) groups is 1. The van der Waals surface area contributed by atoms with E-state index in [0.29, 0.717) is 50.6 Å². The normalized spacial score (nSPS) is 19.0. The Morgan fingerprint density at radius 3 is 2.34 bits per heavy atom. The highest BCUT2D eigenvalue weighted by molar-refractivity contribution is 6.06. The van der Waals surface area contributed by atoms with Gasteiger partial charge in [-0.25, -0.2) is 23.4 Å². The Bertz CT molecular complexity index is 1890. The van der Waals surface area contributed by atoms with Gasteiger partial charge in [-0.05, 0) is 80.3 Å². The lowest BCUT2D eigenvalue weighted by atomic mass is 9.87. The number of rotatable bonds is 20. The highest BCUT2D eigenvalue weighted by Gasteiger charge is 2.44. The van der Waals surface area contributed by atoms with Crippen LogP contribution < -0.4 is 30.1 Å². The van der Waals surface area contributed by atoms with Gasteiger partial charge in [-0.3, -0.25) is 15.3 Å². The number of urea groups is 1. The Labute approximate surface area is 338 Å². The second-order valence-corrected chi connectivity index (χ2v) is 14.7. The Morgan fingerprint density at radius 1 is 1.07 bits per heavy atom. The maximum atomic E-state index is 14.9. The third-order valence-electron chi connectivity index (χ3n) is 10.4. The molecule has 310 valence electrons. The van der Waals surface area contributed by atoms with E-state index in [2.05, 4.69) is 30.4 Å². The van der Waals surface area contributed by atoms with Crippen LogP contribution >= 0.6 is 0 Å². The number of nitrogens with one attached hydrogen (secondary N) is 3. The summed E-state index contributed by atoms with van der Waals surface area (Å²) in [7, 11) is 0. The first-order chi connectivity index (χ1) is 28.1. The van der Waals surface area contributed by atoms with Crippen molar-refractivity contribution in [1.82, 2.24) is 10.6 Å². The lowest BCUT2D eigenvalue weighted by Gasteiger charge is -2.37. The van der Waals surface area contributed by atoms with Crippen molar-refractivity contribution in [2.45, 2.75) is 51.4 Å². The zero-order valence-corrected chi connectivity index (χ0v) is 33.2. The van der Waals surface area contributed by atoms with Gasteiger partial charge in [-0.2, -0.15) is 0 Å². The molecule has 3 N–H and O–H groups in total. The molecule has 3 aromatic carbocycles. The van der Waals surface area contributed by atoms with Gasteiger partial charge in [0.15, 0.2) is 0 Å². The molecule has 5 rings (SSSR count). The molecule has 2 fully saturated rings. The fourth-order valence-electron chi connectivity index (χ4n) is 7.35. The molecule has 58 heavy (non-hydrogen) atoms. The number of ether oxygens (including phenoxy) is 3. The molecule has 2 heterocycles. The summed E-state index contributed by atoms with van der Waals surface area (Å²) in [4.78, 5) is 37.2. The second-order valence-electron chi connectivity index (χ2n) is 14.7. The molecule has 0 radical (unpaired) electrons. The van der Waals surface area contributed by atoms with Gasteiger partial charge in [0.1, 0.15) is 23.0 Å². The van der Waals surface area contributed by atoms with Crippen molar-refractivity contribution in [3.63, 3.8) is 0 Å². The summed E-state index contributed by atoms with van der Waals surface area (Å²) in [5.74, 6) is -0.673. The van der Waals surface area contributed by atoms with Crippen molar-refractivity contribution >= 4 is 48.2 Å². The van der Waals surface area contributed by atoms with Crippen molar-refractivity contribution in [1.29, 1.82) is 5.41 Å². The predicted molar refractivity (Wildman–Crippen MR) is 222 cm³/mol. The molecule has 2 amide bonds. The fourth-order valence-corrected chi connectivity index (χ4v) is 7.35. The molecule has 0 saturated carbocycles. The van der Waals surface area contributed by atoms with Gasteiger partial charge < -0.3 is 40.1 Å². The monoisotopic (exact) mass is 800 g/mol. The summed E-state index contributed by atoms with van der Waals surface area (Å²) >= 11 is 0. The molecule has 2 aliphatic rings. The van der Waals surface area contributed by atoms with Crippen LogP contribution in [0.2, 0.25) is 0 Å². The summed E-state index contributed by atoms with van der Waals surface area (Å²) in [6.45, 7) is 10.5. The lowest BCUT2D eigenvalue weighted by molar-refractivity contribution is 0.00414. The highest BCUT2D eigenvalue weighted by Crippen LogP contribution is 2.41. The van der Waals surface area contributed by atoms with Gasteiger partial charge in [0.25, 0.3) is 0 Å². The maximum absolute atomic E-state index is 14.9. The number of anilines is 3. The Balaban J connectivity index is 1.10. The zero-order valence-electron chi connectivity index (χ0n) is 33.2. The zero-order chi connectivity index (χ0) is 41.5. The number of nitrogens with zero attached hydrogens (tertiary/aromatic N) is 6. The van der Waals surface area contributed by atoms with Crippen LogP contribution in [0.3, 0.4) is 0 Å². The van der Waals surface area contributed by atoms with Crippen molar-refractivity contribution in [2.75, 3.05) is 73.8 Å². The minimum atomic E-state index is -1.10. The van der Waals surface area contributed by atoms with Gasteiger partial charge in [0.05, 0.1) is 50.5 Å². The molecular weight excluding hydrogens is 749 g/mol. The number of amides is 2. The summed E-state index contributed by atoms with van der Waals surface area (Å²) in [5, 5.41) is 22.3. The largest absolute Gasteiger partial charge is 0.493 e. The summed E-state index contributed by atoms with van der Waals surface area (Å²) in [6.07, 6.45) is 5.23. The average Bonchev–Trinajstić information content (AvgIpc) is 3.65. The predicted octanol–water partition coefficient (Wildman–Crippen LogP) is 6.10. The van der Waals surface area contributed by atoms with E-state index in [4.69, 9.17) is 25.0 Å². The topological polar surface area (TPSA) is 166 Å². The third kappa shape index (κ3) is 11.5. The number of hydrogen-bond donors (Lipinski definition) is 3. The van der Waals surface area contributed by atoms with Crippen molar-refractivity contribution in [2.24, 2.45) is 21.8 Å². The quantitative estimate of drug-likeness (QED) is 0.0534. The van der Waals surface area contributed by atoms with E-state index in [-0.39, 0.29) is 36.1 Å². The smallest absolute Gasteiger partial charge is 0.327 e. The van der Waals surface area contributed by atoms with Crippen LogP contribution in [0.4, 0.5) is 30.6 Å². The average molecular weight is 801 g/mol. The number of aliphatic imine (C=N–C) groups is 2. The lowest BCUT2D eigenvalue weighted by Crippen LogP contribution is -2.51. The Hall–Kier alpha value is -5.70. The number of carbonyl (C=O) groups excluding carboxylic acids is 2. The first-order valence-electron chi connectivity index (χ1n) is 19.5. The summed E-state index contributed by atoms with van der Waals surface area (Å²) in [5.41, 5.74) is 1.79. The molecule has 4 unspecified atom stereocenters. The van der Waals surface area contributed by atoms with Crippen molar-refractivity contribution in [3.05, 3.63) is 89.3 Å². The molecule has 14 nitrogen and oxygen atoms in total. The first-order valence-corrected chi connectivity index (χ1v) is 19.5. The van der Waals surface area contributed by atoms with Crippen LogP contribution in [-0.4, -0.2) is 102 Å². The first kappa shape index (κ1) is 43.4. The van der Waals surface area contributed by atoms with E-state index in [0.717, 1.165) is 56.3 Å². The SMILES string of the molecule is CC(C)C(NC(=O)N(C=N)c1ccc(N2CCN(c3ccc(OCC4COC(CN=CNC=[N-])(c5ccc(F)cc5F)C4)cc3)CC2)cc1)C(C)OCCCN=C=O. The molecule has 0 aromatic heterocycles. The van der Waals surface area contributed by atoms with Crippen LogP contribution in [-0.2, 0) is 19.9 Å². The molecule has 3 aromatic rings. The second kappa shape index (κ2) is 21.2. The summed E-state index contributed by atoms with van der Waals surface area (Å²) < 4.78 is 46.7. The number of piperazine rings is 1. The molecule has 2 aliphatic heterocycles. The van der Waals surface area contributed by atoms with Crippen LogP contribution in [0.1, 0.15) is 39.2 Å². The molecule has 4 atom stereocenters. The van der Waals surface area contributed by atoms with Gasteiger partial charge in [-0.15, -0.1) is 6.34 Å². The molecule has 0 spiro atoms. The van der Waals surface area contributed by atoms with E-state index >= 15 is 0 Å². The van der Waals surface area contributed by atoms with Crippen LogP contribution in [0.25, 0.3) is 5.41 Å². The minimum absolute atomic E-state index is 0.0663. The molecule has 0 bridgehead atoms. The fraction of sp³-hybridized carbons (Fsp3) is 0.452. The highest BCUT2D eigenvalue weighted by atomic mass is 19.1. The van der Waals surface area contributed by atoms with Crippen LogP contribution in [0.5, 0.6) is 5.75 Å². The van der Waals surface area contributed by atoms with Gasteiger partial charge in [0.2, 0.25) is 6.08 Å². The van der Waals surface area contributed by atoms with E-state index in [1.54, 1.807) is 0 Å². The van der Waals surface area contributed by atoms with E-state index in [9.17, 15) is 18.4 Å². The van der Waals surface area contributed by atoms with E-state index in [1.807, 2.05) is 69.3 Å². The van der Waals surface area contributed by atoms with Crippen molar-refractivity contribution < 1.29 is 32.6 Å². The Morgan fingerprint density at radius 2 is 1.74 bits per heavy atom. The number of isocyanates is 1. The minimum Gasteiger partial charge on any atom is -0.493 e. The molecular formula is C42H52F2N9O5-. The maximum Gasteiger partial charge on any atom is 0.327 e. The molecule has 16 heteroatoms. The third-order valence-corrected chi connectivity index (χ3v) is 10.4. The van der Waals surface area contributed by atoms with Gasteiger partial charge in [0, 0.05) is 68.0 Å². The molecule has 0 aliphatic carbocycles. The van der Waals surface area contributed by atoms with E-state index < -0.39 is 23.3 Å². The number of benzene rings is 3. The Kier molecular flexibility index (Phi) is 15.8. The van der Waals surface area contributed by atoms with Gasteiger partial charge in [-0.1, -0.05) is 19.9 Å². The van der Waals surface area contributed by atoms with Crippen LogP contribution in [0.15, 0.2) is 76.7 Å². The van der Waals surface area contributed by atoms with Crippen LogP contribution in [0, 0.1) is 28.9 Å².